The Labute approximate surface area is 195 Å². The second-order valence-corrected chi connectivity index (χ2v) is 8.06. The third-order valence-electron chi connectivity index (χ3n) is 6.10. The third-order valence-corrected chi connectivity index (χ3v) is 6.10. The number of benzene rings is 3. The molecule has 2 aromatic heterocycles. The highest BCUT2D eigenvalue weighted by molar-refractivity contribution is 6.17. The fourth-order valence-corrected chi connectivity index (χ4v) is 4.42. The molecule has 0 aliphatic carbocycles. The van der Waals surface area contributed by atoms with Crippen LogP contribution in [0.1, 0.15) is 6.42 Å². The number of nitrogens with zero attached hydrogens (tertiary/aromatic N) is 3. The summed E-state index contributed by atoms with van der Waals surface area (Å²) in [6.07, 6.45) is 6.34. The molecule has 0 fully saturated rings. The van der Waals surface area contributed by atoms with Crippen LogP contribution < -0.4 is 23.7 Å². The standard InChI is InChI=1S/C26H23N3O5/c1-30-21-12-19-17-5-4-16-10-23-24(34-15-33-23)11-18(16)25(17)28-26(20(19)13-22(21)31-2)32-9-3-7-29-8-6-27-14-29/h4-6,8,10-14H,3,7,9,15H2,1-2H3. The molecule has 8 nitrogen and oxygen atoms in total. The predicted molar refractivity (Wildman–Crippen MR) is 128 cm³/mol. The van der Waals surface area contributed by atoms with E-state index in [1.54, 1.807) is 26.7 Å². The van der Waals surface area contributed by atoms with Crippen molar-refractivity contribution in [3.63, 3.8) is 0 Å². The van der Waals surface area contributed by atoms with Gasteiger partial charge in [-0.25, -0.2) is 9.97 Å². The van der Waals surface area contributed by atoms with Crippen LogP contribution in [0.15, 0.2) is 55.1 Å². The summed E-state index contributed by atoms with van der Waals surface area (Å²) in [6, 6.07) is 12.0. The maximum Gasteiger partial charge on any atom is 0.231 e. The molecule has 1 aliphatic rings. The van der Waals surface area contributed by atoms with Gasteiger partial charge in [-0.2, -0.15) is 0 Å². The van der Waals surface area contributed by atoms with Gasteiger partial charge in [-0.3, -0.25) is 0 Å². The summed E-state index contributed by atoms with van der Waals surface area (Å²) in [6.45, 7) is 1.55. The number of rotatable bonds is 7. The van der Waals surface area contributed by atoms with Crippen LogP contribution in [-0.4, -0.2) is 42.2 Å². The molecule has 8 heteroatoms. The van der Waals surface area contributed by atoms with E-state index in [0.29, 0.717) is 24.0 Å². The Bertz CT molecular complexity index is 1510. The fourth-order valence-electron chi connectivity index (χ4n) is 4.42. The molecule has 6 rings (SSSR count). The van der Waals surface area contributed by atoms with Crippen molar-refractivity contribution in [1.29, 1.82) is 0 Å². The van der Waals surface area contributed by atoms with Gasteiger partial charge in [-0.05, 0) is 36.1 Å². The number of hydrogen-bond donors (Lipinski definition) is 0. The Balaban J connectivity index is 1.50. The Morgan fingerprint density at radius 2 is 1.71 bits per heavy atom. The molecule has 34 heavy (non-hydrogen) atoms. The summed E-state index contributed by atoms with van der Waals surface area (Å²) in [5.74, 6) is 3.30. The van der Waals surface area contributed by atoms with E-state index in [1.807, 2.05) is 35.0 Å². The van der Waals surface area contributed by atoms with E-state index in [2.05, 4.69) is 17.1 Å². The van der Waals surface area contributed by atoms with Crippen LogP contribution in [0, 0.1) is 0 Å². The summed E-state index contributed by atoms with van der Waals surface area (Å²) >= 11 is 0. The topological polar surface area (TPSA) is 76.9 Å². The highest BCUT2D eigenvalue weighted by Gasteiger charge is 2.19. The minimum Gasteiger partial charge on any atom is -0.493 e. The minimum atomic E-state index is 0.224. The van der Waals surface area contributed by atoms with Gasteiger partial charge in [-0.1, -0.05) is 12.1 Å². The molecule has 5 aromatic rings. The van der Waals surface area contributed by atoms with E-state index in [4.69, 9.17) is 28.7 Å². The van der Waals surface area contributed by atoms with Gasteiger partial charge >= 0.3 is 0 Å². The van der Waals surface area contributed by atoms with Crippen molar-refractivity contribution in [3.8, 4) is 28.9 Å². The SMILES string of the molecule is COc1cc2c(OCCCn3ccnc3)nc3c4cc5c(cc4ccc3c2cc1OC)OCO5. The second-order valence-electron chi connectivity index (χ2n) is 8.06. The van der Waals surface area contributed by atoms with Crippen LogP contribution in [-0.2, 0) is 6.54 Å². The van der Waals surface area contributed by atoms with Crippen LogP contribution in [0.4, 0.5) is 0 Å². The van der Waals surface area contributed by atoms with Crippen LogP contribution in [0.2, 0.25) is 0 Å². The molecule has 0 unspecified atom stereocenters. The number of methoxy groups -OCH3 is 2. The Kier molecular flexibility index (Phi) is 4.98. The van der Waals surface area contributed by atoms with Crippen molar-refractivity contribution in [3.05, 3.63) is 55.1 Å². The first-order chi connectivity index (χ1) is 16.7. The molecule has 0 saturated heterocycles. The van der Waals surface area contributed by atoms with Crippen LogP contribution in [0.3, 0.4) is 0 Å². The molecule has 172 valence electrons. The number of hydrogen-bond acceptors (Lipinski definition) is 7. The molecule has 3 aromatic carbocycles. The zero-order chi connectivity index (χ0) is 23.1. The Morgan fingerprint density at radius 1 is 0.912 bits per heavy atom. The molecule has 0 amide bonds. The molecule has 0 atom stereocenters. The number of pyridine rings is 1. The summed E-state index contributed by atoms with van der Waals surface area (Å²) < 4.78 is 30.6. The van der Waals surface area contributed by atoms with Crippen molar-refractivity contribution < 1.29 is 23.7 Å². The summed E-state index contributed by atoms with van der Waals surface area (Å²) in [5.41, 5.74) is 0.833. The fraction of sp³-hybridized carbons (Fsp3) is 0.231. The highest BCUT2D eigenvalue weighted by atomic mass is 16.7. The van der Waals surface area contributed by atoms with Gasteiger partial charge in [0.1, 0.15) is 0 Å². The largest absolute Gasteiger partial charge is 0.493 e. The number of imidazole rings is 1. The predicted octanol–water partition coefficient (Wildman–Crippen LogP) is 4.95. The average Bonchev–Trinajstić information content (AvgIpc) is 3.56. The first kappa shape index (κ1) is 20.4. The highest BCUT2D eigenvalue weighted by Crippen LogP contribution is 2.43. The van der Waals surface area contributed by atoms with Gasteiger partial charge in [0.15, 0.2) is 23.0 Å². The number of aryl methyl sites for hydroxylation is 1. The maximum atomic E-state index is 6.24. The lowest BCUT2D eigenvalue weighted by atomic mass is 10.0. The van der Waals surface area contributed by atoms with Crippen molar-refractivity contribution in [2.45, 2.75) is 13.0 Å². The zero-order valence-electron chi connectivity index (χ0n) is 18.9. The lowest BCUT2D eigenvalue weighted by Gasteiger charge is -2.15. The van der Waals surface area contributed by atoms with Crippen molar-refractivity contribution >= 4 is 32.4 Å². The van der Waals surface area contributed by atoms with Crippen molar-refractivity contribution in [2.75, 3.05) is 27.6 Å². The second kappa shape index (κ2) is 8.30. The molecule has 0 N–H and O–H groups in total. The van der Waals surface area contributed by atoms with Crippen LogP contribution >= 0.6 is 0 Å². The molecule has 0 spiro atoms. The molecular weight excluding hydrogens is 434 g/mol. The Morgan fingerprint density at radius 3 is 2.47 bits per heavy atom. The van der Waals surface area contributed by atoms with Gasteiger partial charge in [-0.15, -0.1) is 0 Å². The quantitative estimate of drug-likeness (QED) is 0.253. The Hall–Kier alpha value is -4.20. The minimum absolute atomic E-state index is 0.224. The molecule has 1 aliphatic heterocycles. The molecule has 0 radical (unpaired) electrons. The number of aromatic nitrogens is 3. The smallest absolute Gasteiger partial charge is 0.231 e. The van der Waals surface area contributed by atoms with E-state index in [0.717, 1.165) is 56.9 Å². The maximum absolute atomic E-state index is 6.24. The zero-order valence-corrected chi connectivity index (χ0v) is 18.9. The van der Waals surface area contributed by atoms with Gasteiger partial charge in [0.25, 0.3) is 0 Å². The first-order valence-electron chi connectivity index (χ1n) is 11.1. The third kappa shape index (κ3) is 3.39. The summed E-state index contributed by atoms with van der Waals surface area (Å²) in [4.78, 5) is 9.08. The molecular formula is C26H23N3O5. The van der Waals surface area contributed by atoms with E-state index >= 15 is 0 Å². The van der Waals surface area contributed by atoms with Crippen molar-refractivity contribution in [2.24, 2.45) is 0 Å². The van der Waals surface area contributed by atoms with E-state index in [-0.39, 0.29) is 6.79 Å². The molecule has 3 heterocycles. The van der Waals surface area contributed by atoms with Gasteiger partial charge in [0.2, 0.25) is 12.7 Å². The summed E-state index contributed by atoms with van der Waals surface area (Å²) in [7, 11) is 3.26. The van der Waals surface area contributed by atoms with Crippen molar-refractivity contribution in [1.82, 2.24) is 14.5 Å². The normalized spacial score (nSPS) is 12.5. The number of fused-ring (bicyclic) bond motifs is 6. The lowest BCUT2D eigenvalue weighted by Crippen LogP contribution is -2.05. The lowest BCUT2D eigenvalue weighted by molar-refractivity contribution is 0.174. The van der Waals surface area contributed by atoms with Crippen LogP contribution in [0.25, 0.3) is 32.4 Å². The van der Waals surface area contributed by atoms with E-state index in [9.17, 15) is 0 Å². The molecule has 0 saturated carbocycles. The number of ether oxygens (including phenoxy) is 5. The van der Waals surface area contributed by atoms with E-state index in [1.165, 1.54) is 0 Å². The molecule has 0 bridgehead atoms. The van der Waals surface area contributed by atoms with Gasteiger partial charge < -0.3 is 28.3 Å². The first-order valence-corrected chi connectivity index (χ1v) is 11.1. The van der Waals surface area contributed by atoms with Gasteiger partial charge in [0.05, 0.1) is 32.7 Å². The average molecular weight is 457 g/mol. The monoisotopic (exact) mass is 457 g/mol. The van der Waals surface area contributed by atoms with E-state index < -0.39 is 0 Å². The van der Waals surface area contributed by atoms with Crippen LogP contribution in [0.5, 0.6) is 28.9 Å². The summed E-state index contributed by atoms with van der Waals surface area (Å²) in [5, 5.41) is 4.84. The van der Waals surface area contributed by atoms with Gasteiger partial charge in [0, 0.05) is 40.5 Å².